The predicted octanol–water partition coefficient (Wildman–Crippen LogP) is 3.62. The number of carbonyl (C=O) groups is 1. The van der Waals surface area contributed by atoms with Gasteiger partial charge in [0.1, 0.15) is 5.75 Å². The average molecular weight is 347 g/mol. The summed E-state index contributed by atoms with van der Waals surface area (Å²) in [4.78, 5) is 14.4. The van der Waals surface area contributed by atoms with Crippen molar-refractivity contribution in [1.29, 1.82) is 0 Å². The first-order chi connectivity index (χ1) is 11.2. The number of rotatable bonds is 4. The third kappa shape index (κ3) is 4.65. The number of piperidine rings is 1. The molecule has 1 amide bonds. The molecule has 128 valence electrons. The lowest BCUT2D eigenvalue weighted by Crippen LogP contribution is -2.39. The van der Waals surface area contributed by atoms with Crippen molar-refractivity contribution < 1.29 is 9.53 Å². The van der Waals surface area contributed by atoms with Crippen LogP contribution in [0, 0.1) is 5.92 Å². The van der Waals surface area contributed by atoms with Crippen LogP contribution in [0.3, 0.4) is 0 Å². The number of nitrogen functional groups attached to an aromatic ring is 1. The van der Waals surface area contributed by atoms with Crippen LogP contribution in [0.15, 0.2) is 54.6 Å². The molecule has 0 atom stereocenters. The first kappa shape index (κ1) is 18.1. The second-order valence-corrected chi connectivity index (χ2v) is 5.99. The van der Waals surface area contributed by atoms with Gasteiger partial charge in [-0.3, -0.25) is 4.79 Å². The third-order valence-electron chi connectivity index (χ3n) is 4.26. The van der Waals surface area contributed by atoms with E-state index in [1.807, 2.05) is 47.4 Å². The van der Waals surface area contributed by atoms with Gasteiger partial charge in [0.05, 0.1) is 6.61 Å². The molecule has 3 rings (SSSR count). The molecule has 0 unspecified atom stereocenters. The Morgan fingerprint density at radius 2 is 1.79 bits per heavy atom. The molecule has 1 saturated heterocycles. The summed E-state index contributed by atoms with van der Waals surface area (Å²) in [6.45, 7) is 2.26. The molecule has 24 heavy (non-hydrogen) atoms. The van der Waals surface area contributed by atoms with Gasteiger partial charge < -0.3 is 15.4 Å². The molecule has 0 aliphatic carbocycles. The SMILES string of the molecule is Cl.Nc1cccc(C(=O)N2CCC(COc3ccccc3)CC2)c1. The highest BCUT2D eigenvalue weighted by molar-refractivity contribution is 5.95. The largest absolute Gasteiger partial charge is 0.493 e. The number of amides is 1. The molecule has 2 aromatic rings. The monoisotopic (exact) mass is 346 g/mol. The van der Waals surface area contributed by atoms with Crippen LogP contribution in [0.4, 0.5) is 5.69 Å². The molecular formula is C19H23ClN2O2. The Morgan fingerprint density at radius 3 is 2.46 bits per heavy atom. The minimum Gasteiger partial charge on any atom is -0.493 e. The minimum atomic E-state index is 0. The highest BCUT2D eigenvalue weighted by Crippen LogP contribution is 2.21. The molecule has 4 nitrogen and oxygen atoms in total. The molecule has 1 aliphatic rings. The van der Waals surface area contributed by atoms with Crippen LogP contribution < -0.4 is 10.5 Å². The third-order valence-corrected chi connectivity index (χ3v) is 4.26. The molecule has 0 spiro atoms. The van der Waals surface area contributed by atoms with E-state index in [4.69, 9.17) is 10.5 Å². The highest BCUT2D eigenvalue weighted by Gasteiger charge is 2.24. The molecule has 5 heteroatoms. The molecular weight excluding hydrogens is 324 g/mol. The Labute approximate surface area is 149 Å². The van der Waals surface area contributed by atoms with E-state index in [0.717, 1.165) is 31.7 Å². The van der Waals surface area contributed by atoms with Gasteiger partial charge in [0.2, 0.25) is 0 Å². The molecule has 2 aromatic carbocycles. The number of nitrogens with zero attached hydrogens (tertiary/aromatic N) is 1. The number of hydrogen-bond acceptors (Lipinski definition) is 3. The Kier molecular flexibility index (Phi) is 6.50. The summed E-state index contributed by atoms with van der Waals surface area (Å²) < 4.78 is 5.82. The van der Waals surface area contributed by atoms with Crippen LogP contribution in [-0.4, -0.2) is 30.5 Å². The number of para-hydroxylation sites is 1. The van der Waals surface area contributed by atoms with E-state index in [9.17, 15) is 4.79 Å². The van der Waals surface area contributed by atoms with Gasteiger partial charge in [-0.25, -0.2) is 0 Å². The smallest absolute Gasteiger partial charge is 0.253 e. The van der Waals surface area contributed by atoms with E-state index in [0.29, 0.717) is 23.8 Å². The van der Waals surface area contributed by atoms with Gasteiger partial charge in [0.25, 0.3) is 5.91 Å². The van der Waals surface area contributed by atoms with E-state index in [1.54, 1.807) is 12.1 Å². The Morgan fingerprint density at radius 1 is 1.08 bits per heavy atom. The molecule has 1 heterocycles. The second kappa shape index (κ2) is 8.60. The number of halogens is 1. The lowest BCUT2D eigenvalue weighted by Gasteiger charge is -2.32. The van der Waals surface area contributed by atoms with Crippen molar-refractivity contribution in [2.24, 2.45) is 5.92 Å². The zero-order valence-electron chi connectivity index (χ0n) is 13.6. The van der Waals surface area contributed by atoms with E-state index < -0.39 is 0 Å². The number of ether oxygens (including phenoxy) is 1. The Bertz CT molecular complexity index is 655. The number of nitrogens with two attached hydrogens (primary N) is 1. The van der Waals surface area contributed by atoms with Crippen LogP contribution in [0.2, 0.25) is 0 Å². The molecule has 0 aromatic heterocycles. The lowest BCUT2D eigenvalue weighted by molar-refractivity contribution is 0.0661. The fourth-order valence-electron chi connectivity index (χ4n) is 2.89. The maximum absolute atomic E-state index is 12.5. The minimum absolute atomic E-state index is 0. The molecule has 0 saturated carbocycles. The predicted molar refractivity (Wildman–Crippen MR) is 98.7 cm³/mol. The summed E-state index contributed by atoms with van der Waals surface area (Å²) in [6, 6.07) is 17.1. The van der Waals surface area contributed by atoms with Crippen LogP contribution >= 0.6 is 12.4 Å². The van der Waals surface area contributed by atoms with Crippen molar-refractivity contribution in [3.8, 4) is 5.75 Å². The summed E-state index contributed by atoms with van der Waals surface area (Å²) in [5, 5.41) is 0. The van der Waals surface area contributed by atoms with Crippen LogP contribution in [0.5, 0.6) is 5.75 Å². The topological polar surface area (TPSA) is 55.6 Å². The normalized spacial score (nSPS) is 14.8. The van der Waals surface area contributed by atoms with Crippen LogP contribution in [0.25, 0.3) is 0 Å². The number of anilines is 1. The van der Waals surface area contributed by atoms with Crippen molar-refractivity contribution in [3.63, 3.8) is 0 Å². The van der Waals surface area contributed by atoms with Crippen molar-refractivity contribution in [3.05, 3.63) is 60.2 Å². The Hall–Kier alpha value is -2.20. The van der Waals surface area contributed by atoms with Crippen molar-refractivity contribution in [2.45, 2.75) is 12.8 Å². The van der Waals surface area contributed by atoms with Gasteiger partial charge in [0.15, 0.2) is 0 Å². The van der Waals surface area contributed by atoms with Gasteiger partial charge in [-0.15, -0.1) is 12.4 Å². The van der Waals surface area contributed by atoms with Crippen molar-refractivity contribution in [1.82, 2.24) is 4.90 Å². The first-order valence-corrected chi connectivity index (χ1v) is 8.05. The lowest BCUT2D eigenvalue weighted by atomic mass is 9.97. The summed E-state index contributed by atoms with van der Waals surface area (Å²) in [6.07, 6.45) is 1.95. The van der Waals surface area contributed by atoms with Gasteiger partial charge in [-0.05, 0) is 49.1 Å². The summed E-state index contributed by atoms with van der Waals surface area (Å²) in [5.74, 6) is 1.48. The second-order valence-electron chi connectivity index (χ2n) is 5.99. The number of likely N-dealkylation sites (tertiary alicyclic amines) is 1. The molecule has 0 radical (unpaired) electrons. The van der Waals surface area contributed by atoms with Gasteiger partial charge in [0, 0.05) is 24.3 Å². The number of carbonyl (C=O) groups excluding carboxylic acids is 1. The summed E-state index contributed by atoms with van der Waals surface area (Å²) in [5.41, 5.74) is 7.05. The van der Waals surface area contributed by atoms with Gasteiger partial charge in [-0.1, -0.05) is 24.3 Å². The van der Waals surface area contributed by atoms with Crippen LogP contribution in [0.1, 0.15) is 23.2 Å². The van der Waals surface area contributed by atoms with Crippen LogP contribution in [-0.2, 0) is 0 Å². The molecule has 0 bridgehead atoms. The van der Waals surface area contributed by atoms with E-state index >= 15 is 0 Å². The number of hydrogen-bond donors (Lipinski definition) is 1. The quantitative estimate of drug-likeness (QED) is 0.860. The van der Waals surface area contributed by atoms with Gasteiger partial charge in [-0.2, -0.15) is 0 Å². The number of benzene rings is 2. The van der Waals surface area contributed by atoms with Gasteiger partial charge >= 0.3 is 0 Å². The van der Waals surface area contributed by atoms with Crippen molar-refractivity contribution in [2.75, 3.05) is 25.4 Å². The van der Waals surface area contributed by atoms with E-state index in [-0.39, 0.29) is 18.3 Å². The summed E-state index contributed by atoms with van der Waals surface area (Å²) >= 11 is 0. The fourth-order valence-corrected chi connectivity index (χ4v) is 2.89. The molecule has 1 aliphatic heterocycles. The highest BCUT2D eigenvalue weighted by atomic mass is 35.5. The Balaban J connectivity index is 0.00000208. The first-order valence-electron chi connectivity index (χ1n) is 8.05. The van der Waals surface area contributed by atoms with E-state index in [1.165, 1.54) is 0 Å². The zero-order chi connectivity index (χ0) is 16.1. The summed E-state index contributed by atoms with van der Waals surface area (Å²) in [7, 11) is 0. The molecule has 1 fully saturated rings. The molecule has 2 N–H and O–H groups in total. The maximum Gasteiger partial charge on any atom is 0.253 e. The van der Waals surface area contributed by atoms with E-state index in [2.05, 4.69) is 0 Å². The zero-order valence-corrected chi connectivity index (χ0v) is 14.4. The standard InChI is InChI=1S/C19H22N2O2.ClH/c20-17-6-4-5-16(13-17)19(22)21-11-9-15(10-12-21)14-23-18-7-2-1-3-8-18;/h1-8,13,15H,9-12,14,20H2;1H. The maximum atomic E-state index is 12.5. The van der Waals surface area contributed by atoms with Crippen molar-refractivity contribution >= 4 is 24.0 Å². The fraction of sp³-hybridized carbons (Fsp3) is 0.316. The average Bonchev–Trinajstić information content (AvgIpc) is 2.61.